The average molecular weight is 298 g/mol. The quantitative estimate of drug-likeness (QED) is 0.904. The number of aromatic amines is 1. The molecule has 118 valence electrons. The largest absolute Gasteiger partial charge is 0.358 e. The van der Waals surface area contributed by atoms with Gasteiger partial charge in [-0.15, -0.1) is 0 Å². The van der Waals surface area contributed by atoms with Gasteiger partial charge < -0.3 is 9.88 Å². The molecule has 1 aliphatic rings. The van der Waals surface area contributed by atoms with Gasteiger partial charge in [0, 0.05) is 36.6 Å². The molecule has 1 aromatic heterocycles. The summed E-state index contributed by atoms with van der Waals surface area (Å²) in [6, 6.07) is 8.78. The first-order valence-electron chi connectivity index (χ1n) is 8.40. The Morgan fingerprint density at radius 3 is 2.95 bits per heavy atom. The predicted molar refractivity (Wildman–Crippen MR) is 91.0 cm³/mol. The van der Waals surface area contributed by atoms with Crippen molar-refractivity contribution >= 4 is 16.8 Å². The standard InChI is InChI=1S/C19H26N2O/c1-13(2)9-19(22)21-8-4-5-15(12-21)18-11-16-10-14(3)6-7-17(16)20-18/h6-7,10-11,13,15,20H,4-5,8-9,12H2,1-3H3. The van der Waals surface area contributed by atoms with E-state index in [0.717, 1.165) is 25.9 Å². The molecule has 3 nitrogen and oxygen atoms in total. The Morgan fingerprint density at radius 2 is 2.18 bits per heavy atom. The third-order valence-corrected chi connectivity index (χ3v) is 4.59. The lowest BCUT2D eigenvalue weighted by molar-refractivity contribution is -0.133. The maximum absolute atomic E-state index is 12.3. The molecule has 2 heterocycles. The zero-order valence-electron chi connectivity index (χ0n) is 13.9. The van der Waals surface area contributed by atoms with E-state index in [1.165, 1.54) is 22.2 Å². The molecular formula is C19H26N2O. The van der Waals surface area contributed by atoms with Crippen LogP contribution in [-0.2, 0) is 4.79 Å². The van der Waals surface area contributed by atoms with Crippen molar-refractivity contribution in [1.29, 1.82) is 0 Å². The molecule has 3 heteroatoms. The molecule has 22 heavy (non-hydrogen) atoms. The molecule has 1 amide bonds. The summed E-state index contributed by atoms with van der Waals surface area (Å²) >= 11 is 0. The van der Waals surface area contributed by atoms with E-state index in [4.69, 9.17) is 0 Å². The second kappa shape index (κ2) is 6.15. The number of likely N-dealkylation sites (tertiary alicyclic amines) is 1. The molecule has 1 fully saturated rings. The number of carbonyl (C=O) groups excluding carboxylic acids is 1. The van der Waals surface area contributed by atoms with E-state index >= 15 is 0 Å². The normalized spacial score (nSPS) is 19.1. The molecule has 2 aromatic rings. The van der Waals surface area contributed by atoms with E-state index in [-0.39, 0.29) is 0 Å². The fourth-order valence-corrected chi connectivity index (χ4v) is 3.43. The minimum Gasteiger partial charge on any atom is -0.358 e. The number of fused-ring (bicyclic) bond motifs is 1. The Bertz CT molecular complexity index is 671. The number of hydrogen-bond donors (Lipinski definition) is 1. The number of aromatic nitrogens is 1. The van der Waals surface area contributed by atoms with Gasteiger partial charge in [0.15, 0.2) is 0 Å². The summed E-state index contributed by atoms with van der Waals surface area (Å²) in [4.78, 5) is 17.9. The van der Waals surface area contributed by atoms with Gasteiger partial charge in [-0.1, -0.05) is 25.5 Å². The average Bonchev–Trinajstić information content (AvgIpc) is 2.89. The van der Waals surface area contributed by atoms with E-state index in [1.54, 1.807) is 0 Å². The van der Waals surface area contributed by atoms with Crippen molar-refractivity contribution < 1.29 is 4.79 Å². The molecule has 0 radical (unpaired) electrons. The number of amides is 1. The summed E-state index contributed by atoms with van der Waals surface area (Å²) in [7, 11) is 0. The summed E-state index contributed by atoms with van der Waals surface area (Å²) in [5.41, 5.74) is 3.77. The van der Waals surface area contributed by atoms with E-state index in [1.807, 2.05) is 0 Å². The number of nitrogens with zero attached hydrogens (tertiary/aromatic N) is 1. The number of hydrogen-bond acceptors (Lipinski definition) is 1. The first-order chi connectivity index (χ1) is 10.5. The molecular weight excluding hydrogens is 272 g/mol. The van der Waals surface area contributed by atoms with Crippen LogP contribution in [0.3, 0.4) is 0 Å². The van der Waals surface area contributed by atoms with Crippen LogP contribution in [0.15, 0.2) is 24.3 Å². The van der Waals surface area contributed by atoms with Gasteiger partial charge in [0.2, 0.25) is 5.91 Å². The lowest BCUT2D eigenvalue weighted by atomic mass is 9.94. The second-order valence-electron chi connectivity index (χ2n) is 7.09. The molecule has 1 aromatic carbocycles. The zero-order valence-corrected chi connectivity index (χ0v) is 13.9. The van der Waals surface area contributed by atoms with Crippen LogP contribution in [0.25, 0.3) is 10.9 Å². The smallest absolute Gasteiger partial charge is 0.222 e. The Kier molecular flexibility index (Phi) is 4.23. The second-order valence-corrected chi connectivity index (χ2v) is 7.09. The highest BCUT2D eigenvalue weighted by atomic mass is 16.2. The Hall–Kier alpha value is -1.77. The number of aryl methyl sites for hydroxylation is 1. The van der Waals surface area contributed by atoms with Crippen molar-refractivity contribution in [3.8, 4) is 0 Å². The maximum atomic E-state index is 12.3. The van der Waals surface area contributed by atoms with Gasteiger partial charge in [0.1, 0.15) is 0 Å². The number of nitrogens with one attached hydrogen (secondary N) is 1. The lowest BCUT2D eigenvalue weighted by Crippen LogP contribution is -2.39. The van der Waals surface area contributed by atoms with Crippen LogP contribution in [0.2, 0.25) is 0 Å². The molecule has 1 aliphatic heterocycles. The molecule has 0 spiro atoms. The van der Waals surface area contributed by atoms with Crippen molar-refractivity contribution in [1.82, 2.24) is 9.88 Å². The minimum absolute atomic E-state index is 0.312. The first-order valence-corrected chi connectivity index (χ1v) is 8.40. The third kappa shape index (κ3) is 3.18. The van der Waals surface area contributed by atoms with Crippen molar-refractivity contribution in [3.05, 3.63) is 35.5 Å². The van der Waals surface area contributed by atoms with Crippen molar-refractivity contribution in [2.45, 2.75) is 46.0 Å². The van der Waals surface area contributed by atoms with Crippen LogP contribution in [0, 0.1) is 12.8 Å². The predicted octanol–water partition coefficient (Wildman–Crippen LogP) is 4.23. The molecule has 0 saturated carbocycles. The number of H-pyrrole nitrogens is 1. The maximum Gasteiger partial charge on any atom is 0.222 e. The zero-order chi connectivity index (χ0) is 15.7. The van der Waals surface area contributed by atoms with Crippen molar-refractivity contribution in [3.63, 3.8) is 0 Å². The number of carbonyl (C=O) groups is 1. The van der Waals surface area contributed by atoms with Crippen LogP contribution in [0.1, 0.15) is 50.3 Å². The Labute approximate surface area is 132 Å². The molecule has 0 aliphatic carbocycles. The van der Waals surface area contributed by atoms with E-state index < -0.39 is 0 Å². The summed E-state index contributed by atoms with van der Waals surface area (Å²) in [6.45, 7) is 8.12. The SMILES string of the molecule is Cc1ccc2[nH]c(C3CCCN(C(=O)CC(C)C)C3)cc2c1. The summed E-state index contributed by atoms with van der Waals surface area (Å²) in [5.74, 6) is 1.19. The van der Waals surface area contributed by atoms with Crippen LogP contribution >= 0.6 is 0 Å². The van der Waals surface area contributed by atoms with Gasteiger partial charge in [0.05, 0.1) is 0 Å². The highest BCUT2D eigenvalue weighted by Gasteiger charge is 2.25. The van der Waals surface area contributed by atoms with Gasteiger partial charge in [-0.2, -0.15) is 0 Å². The van der Waals surface area contributed by atoms with Crippen LogP contribution < -0.4 is 0 Å². The fraction of sp³-hybridized carbons (Fsp3) is 0.526. The van der Waals surface area contributed by atoms with E-state index in [2.05, 4.69) is 54.9 Å². The minimum atomic E-state index is 0.312. The molecule has 1 N–H and O–H groups in total. The molecule has 0 bridgehead atoms. The Balaban J connectivity index is 1.77. The van der Waals surface area contributed by atoms with E-state index in [9.17, 15) is 4.79 Å². The van der Waals surface area contributed by atoms with Gasteiger partial charge in [-0.05, 0) is 49.3 Å². The highest BCUT2D eigenvalue weighted by Crippen LogP contribution is 2.29. The third-order valence-electron chi connectivity index (χ3n) is 4.59. The summed E-state index contributed by atoms with van der Waals surface area (Å²) < 4.78 is 0. The molecule has 3 rings (SSSR count). The Morgan fingerprint density at radius 1 is 1.36 bits per heavy atom. The fourth-order valence-electron chi connectivity index (χ4n) is 3.43. The van der Waals surface area contributed by atoms with E-state index in [0.29, 0.717) is 24.2 Å². The number of piperidine rings is 1. The van der Waals surface area contributed by atoms with Gasteiger partial charge in [-0.3, -0.25) is 4.79 Å². The van der Waals surface area contributed by atoms with Gasteiger partial charge in [-0.25, -0.2) is 0 Å². The molecule has 1 unspecified atom stereocenters. The molecule has 1 atom stereocenters. The highest BCUT2D eigenvalue weighted by molar-refractivity contribution is 5.81. The van der Waals surface area contributed by atoms with Gasteiger partial charge >= 0.3 is 0 Å². The number of rotatable bonds is 3. The lowest BCUT2D eigenvalue weighted by Gasteiger charge is -2.33. The monoisotopic (exact) mass is 298 g/mol. The van der Waals surface area contributed by atoms with Crippen LogP contribution in [0.4, 0.5) is 0 Å². The van der Waals surface area contributed by atoms with Crippen LogP contribution in [-0.4, -0.2) is 28.9 Å². The van der Waals surface area contributed by atoms with Gasteiger partial charge in [0.25, 0.3) is 0 Å². The summed E-state index contributed by atoms with van der Waals surface area (Å²) in [5, 5.41) is 1.28. The van der Waals surface area contributed by atoms with Crippen LogP contribution in [0.5, 0.6) is 0 Å². The first kappa shape index (κ1) is 15.1. The summed E-state index contributed by atoms with van der Waals surface area (Å²) in [6.07, 6.45) is 2.93. The molecule has 1 saturated heterocycles. The number of benzene rings is 1. The van der Waals surface area contributed by atoms with Crippen molar-refractivity contribution in [2.75, 3.05) is 13.1 Å². The topological polar surface area (TPSA) is 36.1 Å². The van der Waals surface area contributed by atoms with Crippen molar-refractivity contribution in [2.24, 2.45) is 5.92 Å².